The van der Waals surface area contributed by atoms with Gasteiger partial charge in [-0.15, -0.1) is 11.8 Å². The van der Waals surface area contributed by atoms with Crippen molar-refractivity contribution in [2.45, 2.75) is 37.1 Å². The molecule has 2 aliphatic rings. The molecule has 6 heteroatoms. The van der Waals surface area contributed by atoms with E-state index in [0.717, 1.165) is 31.7 Å². The highest BCUT2D eigenvalue weighted by molar-refractivity contribution is 8.00. The smallest absolute Gasteiger partial charge is 0.232 e. The number of anilines is 1. The average Bonchev–Trinajstić information content (AvgIpc) is 3.01. The van der Waals surface area contributed by atoms with Crippen molar-refractivity contribution in [2.24, 2.45) is 0 Å². The molecule has 1 amide bonds. The van der Waals surface area contributed by atoms with Gasteiger partial charge >= 0.3 is 0 Å². The van der Waals surface area contributed by atoms with Gasteiger partial charge in [-0.1, -0.05) is 30.3 Å². The molecule has 5 nitrogen and oxygen atoms in total. The Kier molecular flexibility index (Phi) is 5.54. The summed E-state index contributed by atoms with van der Waals surface area (Å²) in [7, 11) is 0. The minimum atomic E-state index is 0.233. The molecule has 28 heavy (non-hydrogen) atoms. The number of carbonyl (C=O) groups excluding carboxylic acids is 1. The maximum atomic E-state index is 12.8. The Morgan fingerprint density at radius 2 is 1.93 bits per heavy atom. The van der Waals surface area contributed by atoms with Crippen LogP contribution >= 0.6 is 11.8 Å². The van der Waals surface area contributed by atoms with Gasteiger partial charge in [-0.05, 0) is 37.5 Å². The number of pyridine rings is 1. The molecule has 3 heterocycles. The molecule has 0 N–H and O–H groups in total. The van der Waals surface area contributed by atoms with Gasteiger partial charge in [0.15, 0.2) is 0 Å². The van der Waals surface area contributed by atoms with Crippen molar-refractivity contribution in [2.75, 3.05) is 23.7 Å². The Bertz CT molecular complexity index is 850. The second kappa shape index (κ2) is 8.24. The van der Waals surface area contributed by atoms with Gasteiger partial charge in [0.25, 0.3) is 0 Å². The number of piperazine rings is 1. The zero-order valence-electron chi connectivity index (χ0n) is 16.0. The number of hydrogen-bond acceptors (Lipinski definition) is 5. The zero-order chi connectivity index (χ0) is 19.5. The molecule has 2 bridgehead atoms. The highest BCUT2D eigenvalue weighted by Crippen LogP contribution is 2.35. The quantitative estimate of drug-likeness (QED) is 0.778. The monoisotopic (exact) mass is 392 g/mol. The summed E-state index contributed by atoms with van der Waals surface area (Å²) in [5.74, 6) is 1.67. The van der Waals surface area contributed by atoms with Gasteiger partial charge in [0.1, 0.15) is 11.9 Å². The lowest BCUT2D eigenvalue weighted by atomic mass is 10.1. The van der Waals surface area contributed by atoms with E-state index in [1.54, 1.807) is 18.0 Å². The minimum Gasteiger partial charge on any atom is -0.347 e. The van der Waals surface area contributed by atoms with Gasteiger partial charge in [-0.3, -0.25) is 4.79 Å². The molecule has 2 fully saturated rings. The van der Waals surface area contributed by atoms with Crippen LogP contribution in [0.1, 0.15) is 36.1 Å². The normalized spacial score (nSPS) is 22.0. The molecule has 2 unspecified atom stereocenters. The van der Waals surface area contributed by atoms with E-state index in [-0.39, 0.29) is 5.91 Å². The van der Waals surface area contributed by atoms with E-state index in [1.807, 2.05) is 35.2 Å². The maximum absolute atomic E-state index is 12.8. The molecule has 2 aromatic rings. The predicted octanol–water partition coefficient (Wildman–Crippen LogP) is 3.63. The molecular weight excluding hydrogens is 368 g/mol. The average molecular weight is 393 g/mol. The van der Waals surface area contributed by atoms with E-state index >= 15 is 0 Å². The van der Waals surface area contributed by atoms with Crippen LogP contribution < -0.4 is 4.90 Å². The molecule has 144 valence electrons. The number of benzene rings is 1. The number of thioether (sulfide) groups is 1. The van der Waals surface area contributed by atoms with Crippen LogP contribution in [0.5, 0.6) is 0 Å². The third kappa shape index (κ3) is 3.85. The van der Waals surface area contributed by atoms with Gasteiger partial charge < -0.3 is 9.80 Å². The van der Waals surface area contributed by atoms with Gasteiger partial charge in [0, 0.05) is 36.6 Å². The number of nitriles is 1. The van der Waals surface area contributed by atoms with Crippen LogP contribution in [0.25, 0.3) is 0 Å². The molecule has 0 radical (unpaired) electrons. The summed E-state index contributed by atoms with van der Waals surface area (Å²) in [5, 5.41) is 9.27. The van der Waals surface area contributed by atoms with E-state index in [9.17, 15) is 4.79 Å². The van der Waals surface area contributed by atoms with Crippen molar-refractivity contribution < 1.29 is 4.79 Å². The summed E-state index contributed by atoms with van der Waals surface area (Å²) in [5.41, 5.74) is 1.84. The fourth-order valence-corrected chi connectivity index (χ4v) is 5.12. The Balaban J connectivity index is 1.36. The first-order valence-electron chi connectivity index (χ1n) is 9.74. The molecule has 0 saturated carbocycles. The van der Waals surface area contributed by atoms with E-state index in [0.29, 0.717) is 28.6 Å². The van der Waals surface area contributed by atoms with Crippen LogP contribution in [0.4, 0.5) is 5.82 Å². The lowest BCUT2D eigenvalue weighted by Gasteiger charge is -2.41. The van der Waals surface area contributed by atoms with Crippen molar-refractivity contribution >= 4 is 23.5 Å². The first-order valence-corrected chi connectivity index (χ1v) is 10.8. The molecule has 0 aliphatic carbocycles. The second-order valence-electron chi connectivity index (χ2n) is 7.47. The largest absolute Gasteiger partial charge is 0.347 e. The van der Waals surface area contributed by atoms with Gasteiger partial charge in [0.2, 0.25) is 5.91 Å². The van der Waals surface area contributed by atoms with Crippen LogP contribution in [-0.2, 0) is 4.79 Å². The highest BCUT2D eigenvalue weighted by Gasteiger charge is 2.41. The van der Waals surface area contributed by atoms with Crippen molar-refractivity contribution in [3.05, 3.63) is 59.8 Å². The minimum absolute atomic E-state index is 0.233. The van der Waals surface area contributed by atoms with Crippen LogP contribution in [-0.4, -0.2) is 46.7 Å². The van der Waals surface area contributed by atoms with Crippen LogP contribution in [0.2, 0.25) is 0 Å². The SMILES string of the molecule is CC(SCC(=O)N1CC2CC[C@@H](C1)N2c1ccc(C#N)cn1)c1ccccc1. The third-order valence-corrected chi connectivity index (χ3v) is 6.89. The second-order valence-corrected chi connectivity index (χ2v) is 8.80. The lowest BCUT2D eigenvalue weighted by molar-refractivity contribution is -0.129. The number of carbonyl (C=O) groups is 1. The zero-order valence-corrected chi connectivity index (χ0v) is 16.8. The van der Waals surface area contributed by atoms with E-state index in [4.69, 9.17) is 5.26 Å². The Hall–Kier alpha value is -2.52. The first kappa shape index (κ1) is 18.8. The Morgan fingerprint density at radius 3 is 2.54 bits per heavy atom. The summed E-state index contributed by atoms with van der Waals surface area (Å²) in [6.45, 7) is 3.68. The third-order valence-electron chi connectivity index (χ3n) is 5.70. The van der Waals surface area contributed by atoms with Gasteiger partial charge in [-0.25, -0.2) is 4.98 Å². The van der Waals surface area contributed by atoms with E-state index < -0.39 is 0 Å². The van der Waals surface area contributed by atoms with Crippen LogP contribution in [0, 0.1) is 11.3 Å². The summed E-state index contributed by atoms with van der Waals surface area (Å²) in [4.78, 5) is 21.7. The fraction of sp³-hybridized carbons (Fsp3) is 0.409. The van der Waals surface area contributed by atoms with Crippen LogP contribution in [0.15, 0.2) is 48.7 Å². The number of rotatable bonds is 5. The van der Waals surface area contributed by atoms with Crippen LogP contribution in [0.3, 0.4) is 0 Å². The van der Waals surface area contributed by atoms with Crippen molar-refractivity contribution in [3.8, 4) is 6.07 Å². The van der Waals surface area contributed by atoms with E-state index in [1.165, 1.54) is 5.56 Å². The summed E-state index contributed by atoms with van der Waals surface area (Å²) in [6.07, 6.45) is 3.81. The van der Waals surface area contributed by atoms with E-state index in [2.05, 4.69) is 35.0 Å². The number of hydrogen-bond donors (Lipinski definition) is 0. The topological polar surface area (TPSA) is 60.2 Å². The molecule has 4 rings (SSSR count). The molecular formula is C22H24N4OS. The fourth-order valence-electron chi connectivity index (χ4n) is 4.19. The number of aromatic nitrogens is 1. The number of amides is 1. The highest BCUT2D eigenvalue weighted by atomic mass is 32.2. The molecule has 2 saturated heterocycles. The lowest BCUT2D eigenvalue weighted by Crippen LogP contribution is -2.56. The van der Waals surface area contributed by atoms with Crippen molar-refractivity contribution in [1.29, 1.82) is 5.26 Å². The Labute approximate surface area is 170 Å². The van der Waals surface area contributed by atoms with Crippen molar-refractivity contribution in [1.82, 2.24) is 9.88 Å². The molecule has 1 aromatic carbocycles. The molecule has 2 aliphatic heterocycles. The Morgan fingerprint density at radius 1 is 1.21 bits per heavy atom. The summed E-state index contributed by atoms with van der Waals surface area (Å²) >= 11 is 1.71. The van der Waals surface area contributed by atoms with Gasteiger partial charge in [0.05, 0.1) is 11.3 Å². The summed E-state index contributed by atoms with van der Waals surface area (Å²) < 4.78 is 0. The first-order chi connectivity index (χ1) is 13.7. The molecule has 0 spiro atoms. The number of likely N-dealkylation sites (tertiary alicyclic amines) is 1. The predicted molar refractivity (Wildman–Crippen MR) is 112 cm³/mol. The number of fused-ring (bicyclic) bond motifs is 2. The summed E-state index contributed by atoms with van der Waals surface area (Å²) in [6, 6.07) is 16.8. The molecule has 3 atom stereocenters. The number of nitrogens with zero attached hydrogens (tertiary/aromatic N) is 4. The van der Waals surface area contributed by atoms with Gasteiger partial charge in [-0.2, -0.15) is 5.26 Å². The standard InChI is InChI=1S/C22H24N4OS/c1-16(18-5-3-2-4-6-18)28-15-22(27)25-13-19-8-9-20(14-25)26(19)21-10-7-17(11-23)12-24-21/h2-7,10,12,16,19-20H,8-9,13-15H2,1H3/t16?,19-,20?/m0/s1. The van der Waals surface area contributed by atoms with Crippen molar-refractivity contribution in [3.63, 3.8) is 0 Å². The molecule has 1 aromatic heterocycles. The maximum Gasteiger partial charge on any atom is 0.232 e.